The van der Waals surface area contributed by atoms with Gasteiger partial charge >= 0.3 is 0 Å². The van der Waals surface area contributed by atoms with E-state index < -0.39 is 0 Å². The molecule has 0 aromatic rings. The van der Waals surface area contributed by atoms with E-state index in [2.05, 4.69) is 50.9 Å². The van der Waals surface area contributed by atoms with Gasteiger partial charge in [0.05, 0.1) is 0 Å². The van der Waals surface area contributed by atoms with Crippen molar-refractivity contribution in [1.29, 1.82) is 0 Å². The monoisotopic (exact) mass is 170 g/mol. The summed E-state index contributed by atoms with van der Waals surface area (Å²) in [4.78, 5) is 4.55. The first-order valence-electron chi connectivity index (χ1n) is 4.51. The molecule has 0 radical (unpaired) electrons. The summed E-state index contributed by atoms with van der Waals surface area (Å²) in [6.07, 6.45) is 2.17. The van der Waals surface area contributed by atoms with E-state index >= 15 is 0 Å². The van der Waals surface area contributed by atoms with Crippen LogP contribution >= 0.6 is 0 Å². The van der Waals surface area contributed by atoms with Crippen molar-refractivity contribution in [3.8, 4) is 0 Å². The molecular formula is C10H22N2. The molecule has 0 saturated carbocycles. The maximum atomic E-state index is 2.34. The molecule has 0 N–H and O–H groups in total. The van der Waals surface area contributed by atoms with Crippen molar-refractivity contribution in [2.45, 2.75) is 13.8 Å². The van der Waals surface area contributed by atoms with Crippen molar-refractivity contribution in [2.75, 3.05) is 40.8 Å². The molecule has 0 aromatic carbocycles. The molecule has 2 nitrogen and oxygen atoms in total. The largest absolute Gasteiger partial charge is 0.308 e. The smallest absolute Gasteiger partial charge is 0.0187 e. The van der Waals surface area contributed by atoms with Crippen LogP contribution in [0, 0.1) is 0 Å². The van der Waals surface area contributed by atoms with Crippen LogP contribution < -0.4 is 0 Å². The lowest BCUT2D eigenvalue weighted by atomic mass is 10.3. The van der Waals surface area contributed by atoms with Crippen LogP contribution in [0.3, 0.4) is 0 Å². The first-order chi connectivity index (χ1) is 5.56. The van der Waals surface area contributed by atoms with Gasteiger partial charge in [0.1, 0.15) is 0 Å². The van der Waals surface area contributed by atoms with Gasteiger partial charge in [-0.2, -0.15) is 0 Å². The minimum Gasteiger partial charge on any atom is -0.308 e. The average Bonchev–Trinajstić information content (AvgIpc) is 2.00. The molecule has 0 saturated heterocycles. The fourth-order valence-corrected chi connectivity index (χ4v) is 0.967. The third-order valence-corrected chi connectivity index (χ3v) is 1.94. The summed E-state index contributed by atoms with van der Waals surface area (Å²) < 4.78 is 0. The average molecular weight is 170 g/mol. The van der Waals surface area contributed by atoms with Gasteiger partial charge < -0.3 is 9.80 Å². The molecule has 72 valence electrons. The molecule has 0 atom stereocenters. The summed E-state index contributed by atoms with van der Waals surface area (Å²) in [7, 11) is 6.38. The van der Waals surface area contributed by atoms with Crippen LogP contribution in [0.1, 0.15) is 13.8 Å². The van der Waals surface area contributed by atoms with E-state index in [4.69, 9.17) is 0 Å². The number of hydrogen-bond acceptors (Lipinski definition) is 2. The Morgan fingerprint density at radius 1 is 1.17 bits per heavy atom. The maximum Gasteiger partial charge on any atom is 0.0187 e. The predicted molar refractivity (Wildman–Crippen MR) is 55.5 cm³/mol. The lowest BCUT2D eigenvalue weighted by Gasteiger charge is -2.19. The zero-order chi connectivity index (χ0) is 9.56. The van der Waals surface area contributed by atoms with Gasteiger partial charge in [-0.3, -0.25) is 0 Å². The van der Waals surface area contributed by atoms with Crippen molar-refractivity contribution in [1.82, 2.24) is 9.80 Å². The molecule has 0 amide bonds. The molecular weight excluding hydrogens is 148 g/mol. The van der Waals surface area contributed by atoms with Gasteiger partial charge in [0, 0.05) is 19.6 Å². The Labute approximate surface area is 76.9 Å². The molecule has 0 heterocycles. The molecule has 0 fully saturated rings. The van der Waals surface area contributed by atoms with Crippen LogP contribution in [0.4, 0.5) is 0 Å². The van der Waals surface area contributed by atoms with Crippen LogP contribution in [0.25, 0.3) is 0 Å². The standard InChI is InChI=1S/C10H22N2/c1-6-10(2)9-12(5)8-7-11(3)4/h6H,7-9H2,1-5H3/b10-6-. The number of likely N-dealkylation sites (N-methyl/N-ethyl adjacent to an activating group) is 2. The summed E-state index contributed by atoms with van der Waals surface area (Å²) in [6, 6.07) is 0. The predicted octanol–water partition coefficient (Wildman–Crippen LogP) is 1.45. The van der Waals surface area contributed by atoms with E-state index in [1.54, 1.807) is 0 Å². The Hall–Kier alpha value is -0.340. The van der Waals surface area contributed by atoms with Gasteiger partial charge in [-0.25, -0.2) is 0 Å². The first-order valence-corrected chi connectivity index (χ1v) is 4.51. The number of nitrogens with zero attached hydrogens (tertiary/aromatic N) is 2. The highest BCUT2D eigenvalue weighted by atomic mass is 15.1. The molecule has 0 bridgehead atoms. The second kappa shape index (κ2) is 6.21. The molecule has 0 aliphatic carbocycles. The van der Waals surface area contributed by atoms with Crippen molar-refractivity contribution >= 4 is 0 Å². The number of allylic oxidation sites excluding steroid dienone is 1. The Kier molecular flexibility index (Phi) is 6.03. The zero-order valence-electron chi connectivity index (χ0n) is 9.09. The normalized spacial score (nSPS) is 13.1. The molecule has 0 rings (SSSR count). The SMILES string of the molecule is C/C=C(/C)CN(C)CCN(C)C. The van der Waals surface area contributed by atoms with Crippen molar-refractivity contribution in [2.24, 2.45) is 0 Å². The molecule has 2 heteroatoms. The third-order valence-electron chi connectivity index (χ3n) is 1.94. The third kappa shape index (κ3) is 6.38. The van der Waals surface area contributed by atoms with Crippen molar-refractivity contribution < 1.29 is 0 Å². The van der Waals surface area contributed by atoms with Crippen LogP contribution in [0.15, 0.2) is 11.6 Å². The van der Waals surface area contributed by atoms with Gasteiger partial charge in [0.15, 0.2) is 0 Å². The highest BCUT2D eigenvalue weighted by Gasteiger charge is 1.98. The summed E-state index contributed by atoms with van der Waals surface area (Å²) in [6.45, 7) is 7.62. The Balaban J connectivity index is 3.53. The molecule has 0 aliphatic rings. The second-order valence-electron chi connectivity index (χ2n) is 3.68. The van der Waals surface area contributed by atoms with E-state index in [9.17, 15) is 0 Å². The van der Waals surface area contributed by atoms with E-state index in [0.29, 0.717) is 0 Å². The maximum absolute atomic E-state index is 2.34. The van der Waals surface area contributed by atoms with Crippen LogP contribution in [0.5, 0.6) is 0 Å². The lowest BCUT2D eigenvalue weighted by Crippen LogP contribution is -2.29. The van der Waals surface area contributed by atoms with Gasteiger partial charge in [0.25, 0.3) is 0 Å². The summed E-state index contributed by atoms with van der Waals surface area (Å²) in [5.41, 5.74) is 1.44. The molecule has 0 aromatic heterocycles. The molecule has 0 aliphatic heterocycles. The second-order valence-corrected chi connectivity index (χ2v) is 3.68. The first kappa shape index (κ1) is 11.7. The van der Waals surface area contributed by atoms with Gasteiger partial charge in [0.2, 0.25) is 0 Å². The topological polar surface area (TPSA) is 6.48 Å². The van der Waals surface area contributed by atoms with Crippen LogP contribution in [0.2, 0.25) is 0 Å². The summed E-state index contributed by atoms with van der Waals surface area (Å²) >= 11 is 0. The van der Waals surface area contributed by atoms with Crippen molar-refractivity contribution in [3.05, 3.63) is 11.6 Å². The number of hydrogen-bond donors (Lipinski definition) is 0. The van der Waals surface area contributed by atoms with E-state index in [1.807, 2.05) is 0 Å². The fraction of sp³-hybridized carbons (Fsp3) is 0.800. The quantitative estimate of drug-likeness (QED) is 0.576. The Bertz CT molecular complexity index is 139. The summed E-state index contributed by atoms with van der Waals surface area (Å²) in [5, 5.41) is 0. The highest BCUT2D eigenvalue weighted by molar-refractivity contribution is 4.97. The molecule has 0 spiro atoms. The Morgan fingerprint density at radius 2 is 1.75 bits per heavy atom. The van der Waals surface area contributed by atoms with Gasteiger partial charge in [-0.05, 0) is 35.0 Å². The Morgan fingerprint density at radius 3 is 2.17 bits per heavy atom. The van der Waals surface area contributed by atoms with Crippen molar-refractivity contribution in [3.63, 3.8) is 0 Å². The highest BCUT2D eigenvalue weighted by Crippen LogP contribution is 1.94. The molecule has 12 heavy (non-hydrogen) atoms. The van der Waals surface area contributed by atoms with Crippen LogP contribution in [-0.4, -0.2) is 50.6 Å². The minimum atomic E-state index is 1.09. The summed E-state index contributed by atoms with van der Waals surface area (Å²) in [5.74, 6) is 0. The van der Waals surface area contributed by atoms with E-state index in [0.717, 1.165) is 19.6 Å². The van der Waals surface area contributed by atoms with E-state index in [1.165, 1.54) is 5.57 Å². The number of rotatable bonds is 5. The van der Waals surface area contributed by atoms with Gasteiger partial charge in [-0.1, -0.05) is 11.6 Å². The van der Waals surface area contributed by atoms with E-state index in [-0.39, 0.29) is 0 Å². The zero-order valence-corrected chi connectivity index (χ0v) is 9.09. The molecule has 0 unspecified atom stereocenters. The van der Waals surface area contributed by atoms with Gasteiger partial charge in [-0.15, -0.1) is 0 Å². The lowest BCUT2D eigenvalue weighted by molar-refractivity contribution is 0.298. The van der Waals surface area contributed by atoms with Crippen LogP contribution in [-0.2, 0) is 0 Å². The minimum absolute atomic E-state index is 1.09. The fourth-order valence-electron chi connectivity index (χ4n) is 0.967.